The molecule has 0 spiro atoms. The summed E-state index contributed by atoms with van der Waals surface area (Å²) in [5, 5.41) is 2.75. The minimum absolute atomic E-state index is 0.0490. The molecule has 8 heteroatoms. The molecule has 0 atom stereocenters. The number of rotatable bonds is 7. The van der Waals surface area contributed by atoms with Crippen molar-refractivity contribution in [2.45, 2.75) is 19.9 Å². The van der Waals surface area contributed by atoms with Gasteiger partial charge in [-0.2, -0.15) is 4.31 Å². The molecule has 1 heterocycles. The third kappa shape index (κ3) is 5.21. The molecule has 0 radical (unpaired) electrons. The second kappa shape index (κ2) is 7.98. The van der Waals surface area contributed by atoms with Crippen LogP contribution in [0.15, 0.2) is 42.5 Å². The van der Waals surface area contributed by atoms with Crippen LogP contribution in [0.3, 0.4) is 0 Å². The molecule has 0 aromatic heterocycles. The van der Waals surface area contributed by atoms with E-state index in [1.54, 1.807) is 18.2 Å². The maximum absolute atomic E-state index is 12.2. The van der Waals surface area contributed by atoms with Crippen LogP contribution in [0.4, 0.5) is 5.69 Å². The summed E-state index contributed by atoms with van der Waals surface area (Å²) in [6, 6.07) is 12.8. The van der Waals surface area contributed by atoms with Crippen molar-refractivity contribution < 1.29 is 22.7 Å². The van der Waals surface area contributed by atoms with Crippen molar-refractivity contribution in [2.75, 3.05) is 24.9 Å². The van der Waals surface area contributed by atoms with E-state index in [9.17, 15) is 13.2 Å². The van der Waals surface area contributed by atoms with Crippen molar-refractivity contribution in [3.05, 3.63) is 53.6 Å². The smallest absolute Gasteiger partial charge is 0.231 e. The lowest BCUT2D eigenvalue weighted by Gasteiger charge is -2.20. The lowest BCUT2D eigenvalue weighted by atomic mass is 10.1. The zero-order valence-corrected chi connectivity index (χ0v) is 16.1. The van der Waals surface area contributed by atoms with Crippen molar-refractivity contribution in [3.8, 4) is 11.5 Å². The average molecular weight is 390 g/mol. The fraction of sp³-hybridized carbons (Fsp3) is 0.316. The Bertz CT molecular complexity index is 926. The summed E-state index contributed by atoms with van der Waals surface area (Å²) < 4.78 is 35.9. The molecule has 0 saturated heterocycles. The molecular formula is C19H22N2O5S. The van der Waals surface area contributed by atoms with Crippen LogP contribution in [0.25, 0.3) is 0 Å². The van der Waals surface area contributed by atoms with Crippen LogP contribution >= 0.6 is 0 Å². The van der Waals surface area contributed by atoms with Crippen molar-refractivity contribution in [3.63, 3.8) is 0 Å². The zero-order valence-electron chi connectivity index (χ0n) is 15.3. The number of ether oxygens (including phenoxy) is 2. The second-order valence-corrected chi connectivity index (χ2v) is 8.43. The van der Waals surface area contributed by atoms with Gasteiger partial charge >= 0.3 is 0 Å². The van der Waals surface area contributed by atoms with Crippen LogP contribution in [0, 0.1) is 6.92 Å². The van der Waals surface area contributed by atoms with Crippen LogP contribution < -0.4 is 14.8 Å². The summed E-state index contributed by atoms with van der Waals surface area (Å²) in [6.07, 6.45) is 1.20. The topological polar surface area (TPSA) is 84.9 Å². The van der Waals surface area contributed by atoms with E-state index in [2.05, 4.69) is 5.32 Å². The number of hydrogen-bond acceptors (Lipinski definition) is 5. The molecule has 0 bridgehead atoms. The van der Waals surface area contributed by atoms with Gasteiger partial charge < -0.3 is 14.8 Å². The molecule has 0 unspecified atom stereocenters. The van der Waals surface area contributed by atoms with Crippen molar-refractivity contribution in [2.24, 2.45) is 0 Å². The first-order valence-corrected chi connectivity index (χ1v) is 10.4. The van der Waals surface area contributed by atoms with Gasteiger partial charge in [-0.1, -0.05) is 29.8 Å². The molecule has 2 aromatic rings. The Morgan fingerprint density at radius 3 is 2.52 bits per heavy atom. The SMILES string of the molecule is Cc1ccc(CN(CCC(=O)Nc2ccc3c(c2)OCO3)S(C)(=O)=O)cc1. The summed E-state index contributed by atoms with van der Waals surface area (Å²) in [7, 11) is -3.43. The summed E-state index contributed by atoms with van der Waals surface area (Å²) >= 11 is 0. The molecule has 7 nitrogen and oxygen atoms in total. The predicted molar refractivity (Wildman–Crippen MR) is 102 cm³/mol. The van der Waals surface area contributed by atoms with Gasteiger partial charge in [-0.25, -0.2) is 8.42 Å². The summed E-state index contributed by atoms with van der Waals surface area (Å²) in [5.74, 6) is 0.936. The number of fused-ring (bicyclic) bond motifs is 1. The number of amides is 1. The number of carbonyl (C=O) groups is 1. The molecule has 1 aliphatic rings. The van der Waals surface area contributed by atoms with E-state index in [-0.39, 0.29) is 32.2 Å². The van der Waals surface area contributed by atoms with Gasteiger partial charge in [0.15, 0.2) is 11.5 Å². The summed E-state index contributed by atoms with van der Waals surface area (Å²) in [4.78, 5) is 12.2. The molecule has 2 aromatic carbocycles. The second-order valence-electron chi connectivity index (χ2n) is 6.45. The normalized spacial score (nSPS) is 13.0. The van der Waals surface area contributed by atoms with Gasteiger partial charge in [-0.15, -0.1) is 0 Å². The Morgan fingerprint density at radius 2 is 1.81 bits per heavy atom. The molecule has 1 aliphatic heterocycles. The Kier molecular flexibility index (Phi) is 5.67. The van der Waals surface area contributed by atoms with Crippen LogP contribution in [0.2, 0.25) is 0 Å². The number of carbonyl (C=O) groups excluding carboxylic acids is 1. The number of benzene rings is 2. The van der Waals surface area contributed by atoms with E-state index >= 15 is 0 Å². The largest absolute Gasteiger partial charge is 0.454 e. The van der Waals surface area contributed by atoms with Crippen molar-refractivity contribution in [1.29, 1.82) is 0 Å². The standard InChI is InChI=1S/C19H22N2O5S/c1-14-3-5-15(6-4-14)12-21(27(2,23)24)10-9-19(22)20-16-7-8-17-18(11-16)26-13-25-17/h3-8,11H,9-10,12-13H2,1-2H3,(H,20,22). The molecule has 0 fully saturated rings. The van der Waals surface area contributed by atoms with E-state index in [1.165, 1.54) is 4.31 Å². The molecule has 0 saturated carbocycles. The highest BCUT2D eigenvalue weighted by Gasteiger charge is 2.19. The van der Waals surface area contributed by atoms with Crippen LogP contribution in [-0.4, -0.2) is 38.2 Å². The third-order valence-corrected chi connectivity index (χ3v) is 5.44. The first-order chi connectivity index (χ1) is 12.8. The average Bonchev–Trinajstić information content (AvgIpc) is 3.07. The monoisotopic (exact) mass is 390 g/mol. The fourth-order valence-electron chi connectivity index (χ4n) is 2.68. The van der Waals surface area contributed by atoms with E-state index < -0.39 is 10.0 Å². The Labute approximate surface area is 158 Å². The maximum Gasteiger partial charge on any atom is 0.231 e. The highest BCUT2D eigenvalue weighted by molar-refractivity contribution is 7.88. The quantitative estimate of drug-likeness (QED) is 0.785. The Balaban J connectivity index is 1.59. The highest BCUT2D eigenvalue weighted by atomic mass is 32.2. The molecule has 144 valence electrons. The minimum atomic E-state index is -3.43. The molecule has 1 amide bonds. The Hall–Kier alpha value is -2.58. The molecule has 1 N–H and O–H groups in total. The Morgan fingerprint density at radius 1 is 1.11 bits per heavy atom. The highest BCUT2D eigenvalue weighted by Crippen LogP contribution is 2.34. The number of anilines is 1. The number of nitrogens with one attached hydrogen (secondary N) is 1. The first kappa shape index (κ1) is 19.2. The zero-order chi connectivity index (χ0) is 19.4. The van der Waals surface area contributed by atoms with E-state index in [0.29, 0.717) is 17.2 Å². The molecule has 3 rings (SSSR count). The third-order valence-electron chi connectivity index (χ3n) is 4.19. The van der Waals surface area contributed by atoms with Gasteiger partial charge in [-0.3, -0.25) is 4.79 Å². The number of sulfonamides is 1. The van der Waals surface area contributed by atoms with E-state index in [4.69, 9.17) is 9.47 Å². The summed E-state index contributed by atoms with van der Waals surface area (Å²) in [5.41, 5.74) is 2.56. The van der Waals surface area contributed by atoms with Crippen LogP contribution in [0.1, 0.15) is 17.5 Å². The van der Waals surface area contributed by atoms with E-state index in [0.717, 1.165) is 17.4 Å². The molecular weight excluding hydrogens is 368 g/mol. The minimum Gasteiger partial charge on any atom is -0.454 e. The van der Waals surface area contributed by atoms with Gasteiger partial charge in [0.1, 0.15) is 0 Å². The van der Waals surface area contributed by atoms with Gasteiger partial charge in [0.2, 0.25) is 22.7 Å². The van der Waals surface area contributed by atoms with Gasteiger partial charge in [0.05, 0.1) is 6.26 Å². The van der Waals surface area contributed by atoms with Crippen molar-refractivity contribution in [1.82, 2.24) is 4.31 Å². The van der Waals surface area contributed by atoms with Crippen LogP contribution in [-0.2, 0) is 21.4 Å². The van der Waals surface area contributed by atoms with Crippen LogP contribution in [0.5, 0.6) is 11.5 Å². The predicted octanol–water partition coefficient (Wildman–Crippen LogP) is 2.51. The number of hydrogen-bond donors (Lipinski definition) is 1. The maximum atomic E-state index is 12.2. The van der Waals surface area contributed by atoms with Gasteiger partial charge in [-0.05, 0) is 24.6 Å². The van der Waals surface area contributed by atoms with Crippen molar-refractivity contribution >= 4 is 21.6 Å². The molecule has 27 heavy (non-hydrogen) atoms. The number of nitrogens with zero attached hydrogens (tertiary/aromatic N) is 1. The fourth-order valence-corrected chi connectivity index (χ4v) is 3.49. The van der Waals surface area contributed by atoms with Gasteiger partial charge in [0.25, 0.3) is 0 Å². The number of aryl methyl sites for hydroxylation is 1. The first-order valence-electron chi connectivity index (χ1n) is 8.51. The van der Waals surface area contributed by atoms with Gasteiger partial charge in [0, 0.05) is 31.3 Å². The summed E-state index contributed by atoms with van der Waals surface area (Å²) in [6.45, 7) is 2.47. The lowest BCUT2D eigenvalue weighted by Crippen LogP contribution is -2.32. The molecule has 0 aliphatic carbocycles. The van der Waals surface area contributed by atoms with E-state index in [1.807, 2.05) is 31.2 Å². The lowest BCUT2D eigenvalue weighted by molar-refractivity contribution is -0.116.